The predicted octanol–water partition coefficient (Wildman–Crippen LogP) is 1.29. The van der Waals surface area contributed by atoms with Gasteiger partial charge in [-0.15, -0.1) is 10.2 Å². The van der Waals surface area contributed by atoms with E-state index in [0.29, 0.717) is 25.6 Å². The fourth-order valence-corrected chi connectivity index (χ4v) is 2.16. The highest BCUT2D eigenvalue weighted by atomic mass is 79.9. The van der Waals surface area contributed by atoms with Crippen LogP contribution in [0.2, 0.25) is 0 Å². The molecule has 8 heteroatoms. The van der Waals surface area contributed by atoms with Gasteiger partial charge in [-0.3, -0.25) is 0 Å². The van der Waals surface area contributed by atoms with Gasteiger partial charge in [0.15, 0.2) is 6.61 Å². The summed E-state index contributed by atoms with van der Waals surface area (Å²) in [5.74, 6) is 1.36. The van der Waals surface area contributed by atoms with Crippen molar-refractivity contribution in [3.8, 4) is 5.75 Å². The summed E-state index contributed by atoms with van der Waals surface area (Å²) in [4.78, 5) is 1.41. The number of nitrogens with one attached hydrogen (secondary N) is 1. The van der Waals surface area contributed by atoms with Gasteiger partial charge in [0.05, 0.1) is 13.7 Å². The minimum atomic E-state index is 0.292. The van der Waals surface area contributed by atoms with Crippen molar-refractivity contribution in [2.45, 2.75) is 13.2 Å². The third-order valence-electron chi connectivity index (χ3n) is 2.73. The van der Waals surface area contributed by atoms with E-state index >= 15 is 0 Å². The molecule has 0 amide bonds. The van der Waals surface area contributed by atoms with E-state index in [1.54, 1.807) is 14.2 Å². The molecule has 0 saturated carbocycles. The zero-order valence-electron chi connectivity index (χ0n) is 12.0. The van der Waals surface area contributed by atoms with Crippen LogP contribution in [0.1, 0.15) is 11.4 Å². The molecule has 0 aliphatic heterocycles. The highest BCUT2D eigenvalue weighted by Gasteiger charge is 2.07. The molecule has 0 fully saturated rings. The second-order valence-electron chi connectivity index (χ2n) is 4.41. The van der Waals surface area contributed by atoms with Crippen molar-refractivity contribution in [2.75, 3.05) is 20.3 Å². The quantitative estimate of drug-likeness (QED) is 0.719. The molecule has 0 aliphatic rings. The van der Waals surface area contributed by atoms with E-state index in [0.717, 1.165) is 22.3 Å². The number of benzene rings is 1. The molecule has 2 rings (SSSR count). The number of hydrogen-bond acceptors (Lipinski definition) is 6. The van der Waals surface area contributed by atoms with Gasteiger partial charge in [0.2, 0.25) is 5.82 Å². The van der Waals surface area contributed by atoms with Crippen LogP contribution < -0.4 is 10.1 Å². The molecule has 0 spiro atoms. The molecule has 114 valence electrons. The Morgan fingerprint density at radius 3 is 2.95 bits per heavy atom. The molecule has 0 unspecified atom stereocenters. The lowest BCUT2D eigenvalue weighted by Crippen LogP contribution is -2.19. The maximum atomic E-state index is 5.78. The average molecular weight is 356 g/mol. The molecule has 0 saturated heterocycles. The minimum absolute atomic E-state index is 0.292. The summed E-state index contributed by atoms with van der Waals surface area (Å²) < 4.78 is 11.8. The van der Waals surface area contributed by atoms with Gasteiger partial charge in [0, 0.05) is 30.2 Å². The Labute approximate surface area is 131 Å². The summed E-state index contributed by atoms with van der Waals surface area (Å²) in [6, 6.07) is 5.89. The van der Waals surface area contributed by atoms with Gasteiger partial charge in [-0.25, -0.2) is 0 Å². The van der Waals surface area contributed by atoms with Crippen LogP contribution in [0.3, 0.4) is 0 Å². The average Bonchev–Trinajstić information content (AvgIpc) is 2.88. The van der Waals surface area contributed by atoms with E-state index in [-0.39, 0.29) is 0 Å². The number of rotatable bonds is 8. The Morgan fingerprint density at radius 1 is 1.38 bits per heavy atom. The van der Waals surface area contributed by atoms with Crippen LogP contribution in [-0.2, 0) is 24.9 Å². The minimum Gasteiger partial charge on any atom is -0.485 e. The van der Waals surface area contributed by atoms with E-state index in [1.165, 1.54) is 4.80 Å². The first-order chi connectivity index (χ1) is 10.2. The maximum Gasteiger partial charge on any atom is 0.212 e. The zero-order chi connectivity index (χ0) is 15.1. The summed E-state index contributed by atoms with van der Waals surface area (Å²) >= 11 is 3.47. The second kappa shape index (κ2) is 8.06. The first-order valence-corrected chi connectivity index (χ1v) is 7.32. The lowest BCUT2D eigenvalue weighted by atomic mass is 10.2. The Bertz CT molecular complexity index is 575. The van der Waals surface area contributed by atoms with Gasteiger partial charge in [-0.1, -0.05) is 15.9 Å². The lowest BCUT2D eigenvalue weighted by Gasteiger charge is -2.11. The molecule has 1 N–H and O–H groups in total. The number of aryl methyl sites for hydroxylation is 1. The molecular weight excluding hydrogens is 338 g/mol. The maximum absolute atomic E-state index is 5.78. The Kier molecular flexibility index (Phi) is 6.09. The Balaban J connectivity index is 1.97. The third kappa shape index (κ3) is 5.07. The second-order valence-corrected chi connectivity index (χ2v) is 5.32. The van der Waals surface area contributed by atoms with Gasteiger partial charge in [-0.2, -0.15) is 4.80 Å². The van der Waals surface area contributed by atoms with E-state index in [9.17, 15) is 0 Å². The number of aromatic nitrogens is 4. The largest absolute Gasteiger partial charge is 0.485 e. The first-order valence-electron chi connectivity index (χ1n) is 6.53. The SMILES string of the molecule is COCCNCc1cc(Br)ccc1OCc1nnn(C)n1. The Hall–Kier alpha value is -1.51. The van der Waals surface area contributed by atoms with Gasteiger partial charge >= 0.3 is 0 Å². The monoisotopic (exact) mass is 355 g/mol. The topological polar surface area (TPSA) is 74.1 Å². The fraction of sp³-hybridized carbons (Fsp3) is 0.462. The molecule has 1 aromatic carbocycles. The Morgan fingerprint density at radius 2 is 2.24 bits per heavy atom. The molecule has 0 aliphatic carbocycles. The number of methoxy groups -OCH3 is 1. The number of nitrogens with zero attached hydrogens (tertiary/aromatic N) is 4. The van der Waals surface area contributed by atoms with Crippen LogP contribution in [0.5, 0.6) is 5.75 Å². The van der Waals surface area contributed by atoms with Gasteiger partial charge in [-0.05, 0) is 23.4 Å². The van der Waals surface area contributed by atoms with Crippen molar-refractivity contribution in [3.05, 3.63) is 34.1 Å². The zero-order valence-corrected chi connectivity index (χ0v) is 13.6. The van der Waals surface area contributed by atoms with Crippen LogP contribution in [0.4, 0.5) is 0 Å². The third-order valence-corrected chi connectivity index (χ3v) is 3.22. The van der Waals surface area contributed by atoms with Crippen molar-refractivity contribution in [3.63, 3.8) is 0 Å². The molecule has 2 aromatic rings. The van der Waals surface area contributed by atoms with Crippen LogP contribution >= 0.6 is 15.9 Å². The van der Waals surface area contributed by atoms with E-state index < -0.39 is 0 Å². The van der Waals surface area contributed by atoms with Gasteiger partial charge in [0.1, 0.15) is 5.75 Å². The number of halogens is 1. The highest BCUT2D eigenvalue weighted by Crippen LogP contribution is 2.23. The summed E-state index contributed by atoms with van der Waals surface area (Å²) in [5, 5.41) is 15.1. The van der Waals surface area contributed by atoms with E-state index in [4.69, 9.17) is 9.47 Å². The van der Waals surface area contributed by atoms with E-state index in [1.807, 2.05) is 18.2 Å². The molecule has 1 heterocycles. The number of ether oxygens (including phenoxy) is 2. The van der Waals surface area contributed by atoms with E-state index in [2.05, 4.69) is 36.7 Å². The van der Waals surface area contributed by atoms with Gasteiger partial charge in [0.25, 0.3) is 0 Å². The normalized spacial score (nSPS) is 10.8. The van der Waals surface area contributed by atoms with Crippen LogP contribution in [0, 0.1) is 0 Å². The smallest absolute Gasteiger partial charge is 0.212 e. The van der Waals surface area contributed by atoms with Crippen molar-refractivity contribution in [1.29, 1.82) is 0 Å². The summed E-state index contributed by atoms with van der Waals surface area (Å²) in [7, 11) is 3.41. The van der Waals surface area contributed by atoms with Crippen molar-refractivity contribution < 1.29 is 9.47 Å². The van der Waals surface area contributed by atoms with Gasteiger partial charge < -0.3 is 14.8 Å². The number of tetrazole rings is 1. The molecule has 0 bridgehead atoms. The fourth-order valence-electron chi connectivity index (χ4n) is 1.75. The van der Waals surface area contributed by atoms with Crippen LogP contribution in [0.15, 0.2) is 22.7 Å². The molecule has 0 atom stereocenters. The predicted molar refractivity (Wildman–Crippen MR) is 80.9 cm³/mol. The lowest BCUT2D eigenvalue weighted by molar-refractivity contribution is 0.199. The molecule has 1 aromatic heterocycles. The summed E-state index contributed by atoms with van der Waals surface area (Å²) in [6.45, 7) is 2.45. The number of hydrogen-bond donors (Lipinski definition) is 1. The van der Waals surface area contributed by atoms with Crippen molar-refractivity contribution in [2.24, 2.45) is 7.05 Å². The standard InChI is InChI=1S/C13H18BrN5O2/c1-19-17-13(16-18-19)9-21-12-4-3-11(14)7-10(12)8-15-5-6-20-2/h3-4,7,15H,5-6,8-9H2,1-2H3. The molecule has 21 heavy (non-hydrogen) atoms. The highest BCUT2D eigenvalue weighted by molar-refractivity contribution is 9.10. The molecular formula is C13H18BrN5O2. The van der Waals surface area contributed by atoms with Crippen molar-refractivity contribution in [1.82, 2.24) is 25.5 Å². The molecule has 7 nitrogen and oxygen atoms in total. The van der Waals surface area contributed by atoms with Crippen LogP contribution in [0.25, 0.3) is 0 Å². The van der Waals surface area contributed by atoms with Crippen molar-refractivity contribution >= 4 is 15.9 Å². The molecule has 0 radical (unpaired) electrons. The summed E-state index contributed by atoms with van der Waals surface area (Å²) in [6.07, 6.45) is 0. The first kappa shape index (κ1) is 15.9. The van der Waals surface area contributed by atoms with Crippen LogP contribution in [-0.4, -0.2) is 40.5 Å². The summed E-state index contributed by atoms with van der Waals surface area (Å²) in [5.41, 5.74) is 1.06.